The minimum atomic E-state index is -1.09. The van der Waals surface area contributed by atoms with E-state index in [4.69, 9.17) is 5.11 Å². The second-order valence-corrected chi connectivity index (χ2v) is 2.37. The van der Waals surface area contributed by atoms with Gasteiger partial charge in [-0.15, -0.1) is 0 Å². The van der Waals surface area contributed by atoms with Crippen molar-refractivity contribution >= 4 is 11.9 Å². The first kappa shape index (κ1) is 9.24. The van der Waals surface area contributed by atoms with Crippen LogP contribution in [0.2, 0.25) is 0 Å². The Bertz CT molecular complexity index is 331. The van der Waals surface area contributed by atoms with E-state index in [1.807, 2.05) is 0 Å². The molecule has 6 nitrogen and oxygen atoms in total. The topological polar surface area (TPSA) is 92.4 Å². The quantitative estimate of drug-likeness (QED) is 0.678. The minimum Gasteiger partial charge on any atom is -0.480 e. The first-order chi connectivity index (χ1) is 6.11. The van der Waals surface area contributed by atoms with Crippen LogP contribution in [0.3, 0.4) is 0 Å². The first-order valence-electron chi connectivity index (χ1n) is 3.52. The van der Waals surface area contributed by atoms with E-state index >= 15 is 0 Å². The summed E-state index contributed by atoms with van der Waals surface area (Å²) in [5.41, 5.74) is 0.251. The molecule has 0 spiro atoms. The number of aromatic nitrogens is 1. The van der Waals surface area contributed by atoms with E-state index < -0.39 is 18.4 Å². The fourth-order valence-corrected chi connectivity index (χ4v) is 0.768. The molecule has 0 bridgehead atoms. The second kappa shape index (κ2) is 3.70. The summed E-state index contributed by atoms with van der Waals surface area (Å²) in [5, 5.41) is 13.8. The lowest BCUT2D eigenvalue weighted by molar-refractivity contribution is -0.135. The van der Waals surface area contributed by atoms with Crippen molar-refractivity contribution in [1.82, 2.24) is 10.5 Å². The molecule has 0 aliphatic rings. The molecule has 13 heavy (non-hydrogen) atoms. The van der Waals surface area contributed by atoms with E-state index in [9.17, 15) is 9.59 Å². The molecule has 1 rings (SSSR count). The summed E-state index contributed by atoms with van der Waals surface area (Å²) in [6.45, 7) is 1.16. The summed E-state index contributed by atoms with van der Waals surface area (Å²) in [6, 6.07) is 0. The average molecular weight is 184 g/mol. The average Bonchev–Trinajstić information content (AvgIpc) is 2.47. The number of carbonyl (C=O) groups excluding carboxylic acids is 1. The number of carboxylic acid groups (broad SMARTS) is 1. The molecule has 6 heteroatoms. The largest absolute Gasteiger partial charge is 0.480 e. The van der Waals surface area contributed by atoms with Gasteiger partial charge >= 0.3 is 5.97 Å². The van der Waals surface area contributed by atoms with Crippen LogP contribution in [-0.4, -0.2) is 28.7 Å². The monoisotopic (exact) mass is 184 g/mol. The number of hydrogen-bond acceptors (Lipinski definition) is 4. The Morgan fingerprint density at radius 1 is 1.69 bits per heavy atom. The van der Waals surface area contributed by atoms with Crippen molar-refractivity contribution in [2.24, 2.45) is 0 Å². The third-order valence-corrected chi connectivity index (χ3v) is 1.40. The number of nitrogens with one attached hydrogen (secondary N) is 1. The number of nitrogens with zero attached hydrogens (tertiary/aromatic N) is 1. The SMILES string of the molecule is Cc1oncc1C(=O)NCC(=O)O. The van der Waals surface area contributed by atoms with Crippen LogP contribution < -0.4 is 5.32 Å². The maximum atomic E-state index is 11.2. The van der Waals surface area contributed by atoms with Crippen LogP contribution in [0, 0.1) is 6.92 Å². The lowest BCUT2D eigenvalue weighted by atomic mass is 10.2. The van der Waals surface area contributed by atoms with Crippen molar-refractivity contribution in [3.8, 4) is 0 Å². The van der Waals surface area contributed by atoms with E-state index in [1.165, 1.54) is 6.20 Å². The van der Waals surface area contributed by atoms with Gasteiger partial charge in [-0.05, 0) is 6.92 Å². The van der Waals surface area contributed by atoms with Crippen molar-refractivity contribution in [3.05, 3.63) is 17.5 Å². The lowest BCUT2D eigenvalue weighted by Crippen LogP contribution is -2.29. The molecule has 2 N–H and O–H groups in total. The standard InChI is InChI=1S/C7H8N2O4/c1-4-5(2-9-13-4)7(12)8-3-6(10)11/h2H,3H2,1H3,(H,8,12)(H,10,11). The van der Waals surface area contributed by atoms with Gasteiger partial charge in [-0.3, -0.25) is 9.59 Å². The zero-order valence-electron chi connectivity index (χ0n) is 6.90. The fraction of sp³-hybridized carbons (Fsp3) is 0.286. The highest BCUT2D eigenvalue weighted by molar-refractivity contribution is 5.96. The Hall–Kier alpha value is -1.85. The summed E-state index contributed by atoms with van der Waals surface area (Å²) in [6.07, 6.45) is 1.24. The highest BCUT2D eigenvalue weighted by Crippen LogP contribution is 2.04. The molecular weight excluding hydrogens is 176 g/mol. The Balaban J connectivity index is 2.59. The van der Waals surface area contributed by atoms with Gasteiger partial charge in [0.2, 0.25) is 0 Å². The van der Waals surface area contributed by atoms with E-state index in [1.54, 1.807) is 6.92 Å². The molecule has 70 valence electrons. The number of amides is 1. The lowest BCUT2D eigenvalue weighted by Gasteiger charge is -1.98. The molecule has 0 unspecified atom stereocenters. The molecule has 0 aliphatic carbocycles. The van der Waals surface area contributed by atoms with Gasteiger partial charge in [-0.1, -0.05) is 5.16 Å². The van der Waals surface area contributed by atoms with Crippen molar-refractivity contribution in [1.29, 1.82) is 0 Å². The van der Waals surface area contributed by atoms with Crippen molar-refractivity contribution in [3.63, 3.8) is 0 Å². The highest BCUT2D eigenvalue weighted by atomic mass is 16.5. The number of carbonyl (C=O) groups is 2. The van der Waals surface area contributed by atoms with Gasteiger partial charge < -0.3 is 14.9 Å². The maximum Gasteiger partial charge on any atom is 0.322 e. The van der Waals surface area contributed by atoms with Crippen LogP contribution >= 0.6 is 0 Å². The number of aryl methyl sites for hydroxylation is 1. The van der Waals surface area contributed by atoms with Crippen LogP contribution in [0.5, 0.6) is 0 Å². The number of hydrogen-bond donors (Lipinski definition) is 2. The molecule has 0 aromatic carbocycles. The molecular formula is C7H8N2O4. The summed E-state index contributed by atoms with van der Waals surface area (Å²) >= 11 is 0. The van der Waals surface area contributed by atoms with Gasteiger partial charge in [-0.25, -0.2) is 0 Å². The molecule has 0 atom stereocenters. The smallest absolute Gasteiger partial charge is 0.322 e. The van der Waals surface area contributed by atoms with Crippen LogP contribution in [0.1, 0.15) is 16.1 Å². The van der Waals surface area contributed by atoms with Crippen LogP contribution in [0.25, 0.3) is 0 Å². The summed E-state index contributed by atoms with van der Waals surface area (Å²) in [7, 11) is 0. The highest BCUT2D eigenvalue weighted by Gasteiger charge is 2.12. The Labute approximate surface area is 73.5 Å². The van der Waals surface area contributed by atoms with Gasteiger partial charge in [0.15, 0.2) is 0 Å². The Morgan fingerprint density at radius 2 is 2.38 bits per heavy atom. The molecule has 1 aromatic heterocycles. The van der Waals surface area contributed by atoms with Crippen molar-refractivity contribution in [2.75, 3.05) is 6.54 Å². The third-order valence-electron chi connectivity index (χ3n) is 1.40. The molecule has 0 aliphatic heterocycles. The van der Waals surface area contributed by atoms with E-state index in [0.717, 1.165) is 0 Å². The molecule has 0 radical (unpaired) electrons. The number of rotatable bonds is 3. The normalized spacial score (nSPS) is 9.62. The Morgan fingerprint density at radius 3 is 2.85 bits per heavy atom. The minimum absolute atomic E-state index is 0.251. The zero-order valence-corrected chi connectivity index (χ0v) is 6.90. The van der Waals surface area contributed by atoms with Gasteiger partial charge in [-0.2, -0.15) is 0 Å². The van der Waals surface area contributed by atoms with Crippen LogP contribution in [0.4, 0.5) is 0 Å². The molecule has 0 saturated heterocycles. The molecule has 0 fully saturated rings. The van der Waals surface area contributed by atoms with Crippen molar-refractivity contribution in [2.45, 2.75) is 6.92 Å². The van der Waals surface area contributed by atoms with Gasteiger partial charge in [0.05, 0.1) is 6.20 Å². The number of aliphatic carboxylic acids is 1. The van der Waals surface area contributed by atoms with Crippen LogP contribution in [0.15, 0.2) is 10.7 Å². The van der Waals surface area contributed by atoms with Gasteiger partial charge in [0.25, 0.3) is 5.91 Å². The molecule has 1 aromatic rings. The van der Waals surface area contributed by atoms with Gasteiger partial charge in [0.1, 0.15) is 17.9 Å². The molecule has 1 amide bonds. The number of carboxylic acids is 1. The van der Waals surface area contributed by atoms with Crippen molar-refractivity contribution < 1.29 is 19.2 Å². The van der Waals surface area contributed by atoms with E-state index in [-0.39, 0.29) is 5.56 Å². The van der Waals surface area contributed by atoms with Gasteiger partial charge in [0, 0.05) is 0 Å². The zero-order chi connectivity index (χ0) is 9.84. The Kier molecular flexibility index (Phi) is 2.63. The fourth-order valence-electron chi connectivity index (χ4n) is 0.768. The predicted octanol–water partition coefficient (Wildman–Crippen LogP) is -0.203. The van der Waals surface area contributed by atoms with E-state index in [0.29, 0.717) is 5.76 Å². The maximum absolute atomic E-state index is 11.2. The first-order valence-corrected chi connectivity index (χ1v) is 3.52. The summed E-state index contributed by atoms with van der Waals surface area (Å²) in [5.74, 6) is -1.23. The predicted molar refractivity (Wildman–Crippen MR) is 41.2 cm³/mol. The molecule has 0 saturated carbocycles. The summed E-state index contributed by atoms with van der Waals surface area (Å²) in [4.78, 5) is 21.3. The van der Waals surface area contributed by atoms with Crippen LogP contribution in [-0.2, 0) is 4.79 Å². The van der Waals surface area contributed by atoms with E-state index in [2.05, 4.69) is 15.0 Å². The molecule has 1 heterocycles. The summed E-state index contributed by atoms with van der Waals surface area (Å²) < 4.78 is 4.63. The second-order valence-electron chi connectivity index (χ2n) is 2.37. The third kappa shape index (κ3) is 2.29.